The summed E-state index contributed by atoms with van der Waals surface area (Å²) in [5.41, 5.74) is 0.0443. The predicted molar refractivity (Wildman–Crippen MR) is 123 cm³/mol. The summed E-state index contributed by atoms with van der Waals surface area (Å²) in [6.07, 6.45) is -2.29. The number of aromatic amines is 1. The zero-order chi connectivity index (χ0) is 23.6. The Morgan fingerprint density at radius 1 is 1.09 bits per heavy atom. The Morgan fingerprint density at radius 3 is 2.61 bits per heavy atom. The molecule has 1 unspecified atom stereocenters. The summed E-state index contributed by atoms with van der Waals surface area (Å²) < 4.78 is 59.1. The Morgan fingerprint density at radius 2 is 1.85 bits per heavy atom. The van der Waals surface area contributed by atoms with Gasteiger partial charge in [0.05, 0.1) is 23.5 Å². The molecule has 2 N–H and O–H groups in total. The molecule has 0 aliphatic heterocycles. The normalized spacial score (nSPS) is 12.8. The Hall–Kier alpha value is -3.17. The molecule has 33 heavy (non-hydrogen) atoms. The molecule has 3 aromatic carbocycles. The SMILES string of the molecule is C[S+]([O-])NC(=O)c1[nH]c2cc(C(F)(F)F)ccc2c1CCCOc1cccc2ccccc12. The van der Waals surface area contributed by atoms with Crippen LogP contribution in [0.5, 0.6) is 5.75 Å². The first-order chi connectivity index (χ1) is 15.7. The standard InChI is InChI=1S/C24H21F3N2O3S/c1-33(31)29-23(30)22-19(18-12-11-16(24(25,26)27)14-20(18)28-22)9-5-13-32-21-10-4-7-15-6-2-3-8-17(15)21/h2-4,6-8,10-12,14,28H,5,9,13H2,1H3,(H,29,30). The van der Waals surface area contributed by atoms with Gasteiger partial charge in [0.25, 0.3) is 0 Å². The molecule has 0 aliphatic carbocycles. The second-order valence-corrected chi connectivity index (χ2v) is 8.66. The maximum absolute atomic E-state index is 13.1. The van der Waals surface area contributed by atoms with Crippen LogP contribution in [0.4, 0.5) is 13.2 Å². The lowest BCUT2D eigenvalue weighted by Crippen LogP contribution is -2.30. The molecule has 0 radical (unpaired) electrons. The van der Waals surface area contributed by atoms with Gasteiger partial charge in [0.1, 0.15) is 17.7 Å². The van der Waals surface area contributed by atoms with Gasteiger partial charge in [-0.2, -0.15) is 17.9 Å². The van der Waals surface area contributed by atoms with Gasteiger partial charge in [-0.3, -0.25) is 4.79 Å². The molecule has 4 rings (SSSR count). The van der Waals surface area contributed by atoms with Crippen molar-refractivity contribution in [2.75, 3.05) is 12.9 Å². The van der Waals surface area contributed by atoms with Crippen molar-refractivity contribution in [1.82, 2.24) is 9.71 Å². The summed E-state index contributed by atoms with van der Waals surface area (Å²) in [6.45, 7) is 0.349. The number of aryl methyl sites for hydroxylation is 1. The number of halogens is 3. The number of rotatable bonds is 7. The molecule has 1 heterocycles. The first-order valence-corrected chi connectivity index (χ1v) is 11.8. The highest BCUT2D eigenvalue weighted by atomic mass is 32.2. The number of fused-ring (bicyclic) bond motifs is 2. The highest BCUT2D eigenvalue weighted by molar-refractivity contribution is 7.89. The van der Waals surface area contributed by atoms with Crippen LogP contribution in [-0.2, 0) is 24.0 Å². The summed E-state index contributed by atoms with van der Waals surface area (Å²) >= 11 is -1.61. The third-order valence-corrected chi connectivity index (χ3v) is 5.75. The number of H-pyrrole nitrogens is 1. The summed E-state index contributed by atoms with van der Waals surface area (Å²) in [5.74, 6) is 0.103. The van der Waals surface area contributed by atoms with Crippen molar-refractivity contribution in [3.05, 3.63) is 77.5 Å². The van der Waals surface area contributed by atoms with Crippen molar-refractivity contribution in [1.29, 1.82) is 0 Å². The summed E-state index contributed by atoms with van der Waals surface area (Å²) in [7, 11) is 0. The Kier molecular flexibility index (Phi) is 6.53. The lowest BCUT2D eigenvalue weighted by atomic mass is 10.0. The molecule has 0 fully saturated rings. The number of nitrogens with one attached hydrogen (secondary N) is 2. The van der Waals surface area contributed by atoms with E-state index in [0.717, 1.165) is 28.7 Å². The van der Waals surface area contributed by atoms with Crippen LogP contribution in [0.2, 0.25) is 0 Å². The first kappa shape index (κ1) is 23.0. The van der Waals surface area contributed by atoms with E-state index in [2.05, 4.69) is 9.71 Å². The van der Waals surface area contributed by atoms with Crippen LogP contribution in [0.3, 0.4) is 0 Å². The maximum Gasteiger partial charge on any atom is 0.416 e. The van der Waals surface area contributed by atoms with Crippen LogP contribution in [0.25, 0.3) is 21.7 Å². The predicted octanol–water partition coefficient (Wildman–Crippen LogP) is 5.37. The zero-order valence-electron chi connectivity index (χ0n) is 17.7. The number of carbonyl (C=O) groups excluding carboxylic acids is 1. The van der Waals surface area contributed by atoms with E-state index in [-0.39, 0.29) is 11.2 Å². The minimum atomic E-state index is -4.50. The third kappa shape index (κ3) is 5.09. The zero-order valence-corrected chi connectivity index (χ0v) is 18.5. The third-order valence-electron chi connectivity index (χ3n) is 5.28. The van der Waals surface area contributed by atoms with Crippen molar-refractivity contribution < 1.29 is 27.3 Å². The monoisotopic (exact) mass is 474 g/mol. The molecule has 5 nitrogen and oxygen atoms in total. The van der Waals surface area contributed by atoms with E-state index in [1.807, 2.05) is 42.5 Å². The molecule has 172 valence electrons. The fourth-order valence-corrected chi connectivity index (χ4v) is 4.18. The molecule has 4 aromatic rings. The second kappa shape index (κ2) is 9.36. The number of hydrogen-bond donors (Lipinski definition) is 2. The summed E-state index contributed by atoms with van der Waals surface area (Å²) in [6, 6.07) is 16.9. The van der Waals surface area contributed by atoms with Crippen LogP contribution in [-0.4, -0.2) is 28.3 Å². The van der Waals surface area contributed by atoms with Gasteiger partial charge in [0, 0.05) is 16.3 Å². The minimum absolute atomic E-state index is 0.102. The molecule has 0 saturated carbocycles. The van der Waals surface area contributed by atoms with Crippen LogP contribution >= 0.6 is 0 Å². The van der Waals surface area contributed by atoms with E-state index in [1.54, 1.807) is 0 Å². The molecule has 1 atom stereocenters. The van der Waals surface area contributed by atoms with Crippen molar-refractivity contribution in [3.63, 3.8) is 0 Å². The summed E-state index contributed by atoms with van der Waals surface area (Å²) in [5, 5.41) is 2.55. The van der Waals surface area contributed by atoms with E-state index in [4.69, 9.17) is 4.74 Å². The van der Waals surface area contributed by atoms with Gasteiger partial charge >= 0.3 is 12.1 Å². The molecule has 9 heteroatoms. The Bertz CT molecular complexity index is 1300. The Labute approximate surface area is 191 Å². The van der Waals surface area contributed by atoms with Gasteiger partial charge in [-0.05, 0) is 42.0 Å². The average molecular weight is 475 g/mol. The van der Waals surface area contributed by atoms with Gasteiger partial charge < -0.3 is 14.3 Å². The van der Waals surface area contributed by atoms with E-state index < -0.39 is 29.0 Å². The molecular formula is C24H21F3N2O3S. The number of hydrogen-bond acceptors (Lipinski definition) is 3. The lowest BCUT2D eigenvalue weighted by molar-refractivity contribution is -0.137. The Balaban J connectivity index is 1.56. The van der Waals surface area contributed by atoms with Crippen LogP contribution in [0.1, 0.15) is 28.0 Å². The smallest absolute Gasteiger partial charge is 0.416 e. The molecule has 0 spiro atoms. The number of amides is 1. The number of aromatic nitrogens is 1. The van der Waals surface area contributed by atoms with Crippen molar-refractivity contribution in [2.45, 2.75) is 19.0 Å². The number of carbonyl (C=O) groups is 1. The van der Waals surface area contributed by atoms with E-state index in [1.165, 1.54) is 12.3 Å². The van der Waals surface area contributed by atoms with Crippen molar-refractivity contribution in [3.8, 4) is 5.75 Å². The summed E-state index contributed by atoms with van der Waals surface area (Å²) in [4.78, 5) is 15.3. The van der Waals surface area contributed by atoms with Crippen LogP contribution in [0, 0.1) is 0 Å². The maximum atomic E-state index is 13.1. The molecular weight excluding hydrogens is 453 g/mol. The molecule has 0 saturated heterocycles. The molecule has 0 bridgehead atoms. The highest BCUT2D eigenvalue weighted by Gasteiger charge is 2.31. The molecule has 1 aromatic heterocycles. The van der Waals surface area contributed by atoms with E-state index in [9.17, 15) is 22.5 Å². The number of benzene rings is 3. The van der Waals surface area contributed by atoms with E-state index >= 15 is 0 Å². The number of alkyl halides is 3. The fraction of sp³-hybridized carbons (Fsp3) is 0.208. The van der Waals surface area contributed by atoms with Gasteiger partial charge in [0.15, 0.2) is 0 Å². The average Bonchev–Trinajstić information content (AvgIpc) is 3.14. The minimum Gasteiger partial charge on any atom is -0.593 e. The molecule has 1 amide bonds. The van der Waals surface area contributed by atoms with Gasteiger partial charge in [-0.1, -0.05) is 42.5 Å². The van der Waals surface area contributed by atoms with Crippen molar-refractivity contribution >= 4 is 38.9 Å². The highest BCUT2D eigenvalue weighted by Crippen LogP contribution is 2.33. The molecule has 0 aliphatic rings. The van der Waals surface area contributed by atoms with Gasteiger partial charge in [-0.15, -0.1) is 0 Å². The lowest BCUT2D eigenvalue weighted by Gasteiger charge is -2.10. The first-order valence-electron chi connectivity index (χ1n) is 10.2. The topological polar surface area (TPSA) is 77.2 Å². The van der Waals surface area contributed by atoms with Crippen LogP contribution < -0.4 is 9.46 Å². The quantitative estimate of drug-likeness (QED) is 0.279. The van der Waals surface area contributed by atoms with Gasteiger partial charge in [-0.25, -0.2) is 0 Å². The fourth-order valence-electron chi connectivity index (χ4n) is 3.82. The van der Waals surface area contributed by atoms with Crippen molar-refractivity contribution in [2.24, 2.45) is 0 Å². The van der Waals surface area contributed by atoms with Gasteiger partial charge in [0.2, 0.25) is 0 Å². The second-order valence-electron chi connectivity index (χ2n) is 7.55. The van der Waals surface area contributed by atoms with E-state index in [0.29, 0.717) is 30.4 Å². The largest absolute Gasteiger partial charge is 0.593 e. The van der Waals surface area contributed by atoms with Crippen LogP contribution in [0.15, 0.2) is 60.7 Å². The number of ether oxygens (including phenoxy) is 1.